The Morgan fingerprint density at radius 2 is 2.04 bits per heavy atom. The highest BCUT2D eigenvalue weighted by molar-refractivity contribution is 7.99. The van der Waals surface area contributed by atoms with E-state index in [9.17, 15) is 9.59 Å². The molecule has 4 nitrogen and oxygen atoms in total. The molecule has 1 aromatic rings. The molecule has 5 heteroatoms. The Balaban J connectivity index is 1.90. The summed E-state index contributed by atoms with van der Waals surface area (Å²) < 4.78 is 11.5. The average molecular weight is 348 g/mol. The summed E-state index contributed by atoms with van der Waals surface area (Å²) in [5.41, 5.74) is -1.19. The van der Waals surface area contributed by atoms with Crippen molar-refractivity contribution in [2.75, 3.05) is 12.9 Å². The number of methoxy groups -OCH3 is 1. The van der Waals surface area contributed by atoms with Crippen molar-refractivity contribution in [1.29, 1.82) is 0 Å². The minimum absolute atomic E-state index is 0.0343. The molecule has 1 aromatic carbocycles. The lowest BCUT2D eigenvalue weighted by Crippen LogP contribution is -2.57. The molecule has 2 heterocycles. The summed E-state index contributed by atoms with van der Waals surface area (Å²) in [4.78, 5) is 26.2. The third-order valence-electron chi connectivity index (χ3n) is 5.41. The van der Waals surface area contributed by atoms with E-state index in [2.05, 4.69) is 13.8 Å². The molecule has 0 N–H and O–H groups in total. The number of Topliss-reactive ketones (excluding diaryl/α,β-unsaturated/α-hetero) is 1. The quantitative estimate of drug-likeness (QED) is 0.463. The molecule has 2 fully saturated rings. The second-order valence-corrected chi connectivity index (χ2v) is 8.14. The molecular formula is C19H24O4S. The first-order chi connectivity index (χ1) is 11.4. The van der Waals surface area contributed by atoms with E-state index in [4.69, 9.17) is 9.47 Å². The molecular weight excluding hydrogens is 324 g/mol. The summed E-state index contributed by atoms with van der Waals surface area (Å²) in [5.74, 6) is -0.491. The van der Waals surface area contributed by atoms with Gasteiger partial charge in [-0.2, -0.15) is 0 Å². The molecule has 2 aliphatic rings. The second-order valence-electron chi connectivity index (χ2n) is 7.09. The maximum absolute atomic E-state index is 12.8. The molecule has 130 valence electrons. The van der Waals surface area contributed by atoms with Gasteiger partial charge in [-0.25, -0.2) is 0 Å². The zero-order chi connectivity index (χ0) is 17.4. The standard InChI is InChI=1S/C19H24O4S/c1-13(2)18-9-10-19(23-18,12-24-14-7-5-4-6-8-14)16(15(20)11-18)17(21)22-3/h4-8,13,16H,9-12H2,1-3H3/t16?,18-,19-/m0/s1. The molecule has 0 spiro atoms. The van der Waals surface area contributed by atoms with Gasteiger partial charge in [0.15, 0.2) is 5.78 Å². The minimum Gasteiger partial charge on any atom is -0.468 e. The number of esters is 1. The van der Waals surface area contributed by atoms with Crippen LogP contribution < -0.4 is 0 Å². The summed E-state index contributed by atoms with van der Waals surface area (Å²) in [6, 6.07) is 10.0. The van der Waals surface area contributed by atoms with Gasteiger partial charge < -0.3 is 9.47 Å². The van der Waals surface area contributed by atoms with Crippen LogP contribution in [0.4, 0.5) is 0 Å². The first-order valence-corrected chi connectivity index (χ1v) is 9.40. The number of ether oxygens (including phenoxy) is 2. The highest BCUT2D eigenvalue weighted by atomic mass is 32.2. The monoisotopic (exact) mass is 348 g/mol. The van der Waals surface area contributed by atoms with Crippen LogP contribution in [0.15, 0.2) is 35.2 Å². The third kappa shape index (κ3) is 2.88. The molecule has 0 aliphatic carbocycles. The summed E-state index contributed by atoms with van der Waals surface area (Å²) in [5, 5.41) is 0. The fourth-order valence-corrected chi connectivity index (χ4v) is 5.06. The summed E-state index contributed by atoms with van der Waals surface area (Å²) in [6.07, 6.45) is 1.85. The second kappa shape index (κ2) is 6.52. The normalized spacial score (nSPS) is 32.2. The zero-order valence-corrected chi connectivity index (χ0v) is 15.2. The van der Waals surface area contributed by atoms with E-state index in [1.54, 1.807) is 11.8 Å². The van der Waals surface area contributed by atoms with E-state index < -0.39 is 23.1 Å². The number of carbonyl (C=O) groups excluding carboxylic acids is 2. The van der Waals surface area contributed by atoms with E-state index in [0.29, 0.717) is 12.2 Å². The van der Waals surface area contributed by atoms with Gasteiger partial charge in [-0.1, -0.05) is 32.0 Å². The molecule has 3 atom stereocenters. The van der Waals surface area contributed by atoms with Crippen LogP contribution in [0.3, 0.4) is 0 Å². The van der Waals surface area contributed by atoms with E-state index >= 15 is 0 Å². The molecule has 24 heavy (non-hydrogen) atoms. The van der Waals surface area contributed by atoms with Gasteiger partial charge in [0.25, 0.3) is 0 Å². The summed E-state index contributed by atoms with van der Waals surface area (Å²) >= 11 is 1.64. The lowest BCUT2D eigenvalue weighted by molar-refractivity contribution is -0.193. The Kier molecular flexibility index (Phi) is 4.76. The number of hydrogen-bond donors (Lipinski definition) is 0. The third-order valence-corrected chi connectivity index (χ3v) is 6.65. The number of fused-ring (bicyclic) bond motifs is 2. The van der Waals surface area contributed by atoms with Crippen molar-refractivity contribution in [2.45, 2.75) is 49.2 Å². The molecule has 2 saturated heterocycles. The molecule has 0 aromatic heterocycles. The molecule has 2 aliphatic heterocycles. The van der Waals surface area contributed by atoms with Gasteiger partial charge in [-0.3, -0.25) is 9.59 Å². The lowest BCUT2D eigenvalue weighted by atomic mass is 9.78. The molecule has 0 amide bonds. The van der Waals surface area contributed by atoms with Gasteiger partial charge in [-0.15, -0.1) is 11.8 Å². The number of rotatable bonds is 5. The Hall–Kier alpha value is -1.33. The van der Waals surface area contributed by atoms with Crippen molar-refractivity contribution >= 4 is 23.5 Å². The fraction of sp³-hybridized carbons (Fsp3) is 0.579. The highest BCUT2D eigenvalue weighted by Gasteiger charge is 2.63. The van der Waals surface area contributed by atoms with Crippen LogP contribution in [0.5, 0.6) is 0 Å². The smallest absolute Gasteiger partial charge is 0.319 e. The van der Waals surface area contributed by atoms with Gasteiger partial charge in [-0.05, 0) is 30.9 Å². The van der Waals surface area contributed by atoms with E-state index in [0.717, 1.165) is 17.7 Å². The van der Waals surface area contributed by atoms with Crippen molar-refractivity contribution in [3.63, 3.8) is 0 Å². The van der Waals surface area contributed by atoms with Crippen LogP contribution in [-0.2, 0) is 19.1 Å². The average Bonchev–Trinajstić information content (AvgIpc) is 2.89. The molecule has 0 saturated carbocycles. The lowest BCUT2D eigenvalue weighted by Gasteiger charge is -2.45. The van der Waals surface area contributed by atoms with Crippen molar-refractivity contribution in [3.05, 3.63) is 30.3 Å². The molecule has 1 unspecified atom stereocenters. The Bertz CT molecular complexity index is 630. The Labute approximate surface area is 147 Å². The van der Waals surface area contributed by atoms with Crippen molar-refractivity contribution in [2.24, 2.45) is 11.8 Å². The SMILES string of the molecule is COC(=O)C1C(=O)C[C@]2(C(C)C)CC[C@@]1(CSc1ccccc1)O2. The molecule has 2 bridgehead atoms. The van der Waals surface area contributed by atoms with Gasteiger partial charge >= 0.3 is 5.97 Å². The van der Waals surface area contributed by atoms with Crippen LogP contribution in [0, 0.1) is 11.8 Å². The van der Waals surface area contributed by atoms with Gasteiger partial charge in [0.1, 0.15) is 5.92 Å². The van der Waals surface area contributed by atoms with Crippen molar-refractivity contribution in [3.8, 4) is 0 Å². The number of benzene rings is 1. The van der Waals surface area contributed by atoms with Crippen LogP contribution in [0.25, 0.3) is 0 Å². The zero-order valence-electron chi connectivity index (χ0n) is 14.4. The highest BCUT2D eigenvalue weighted by Crippen LogP contribution is 2.54. The minimum atomic E-state index is -0.812. The molecule has 0 radical (unpaired) electrons. The van der Waals surface area contributed by atoms with Gasteiger partial charge in [0, 0.05) is 17.1 Å². The van der Waals surface area contributed by atoms with Crippen LogP contribution >= 0.6 is 11.8 Å². The van der Waals surface area contributed by atoms with Crippen molar-refractivity contribution in [1.82, 2.24) is 0 Å². The van der Waals surface area contributed by atoms with Gasteiger partial charge in [0.2, 0.25) is 0 Å². The Morgan fingerprint density at radius 1 is 1.33 bits per heavy atom. The van der Waals surface area contributed by atoms with Gasteiger partial charge in [0.05, 0.1) is 18.3 Å². The summed E-state index contributed by atoms with van der Waals surface area (Å²) in [6.45, 7) is 4.18. The number of carbonyl (C=O) groups is 2. The maximum atomic E-state index is 12.8. The number of ketones is 1. The van der Waals surface area contributed by atoms with Crippen LogP contribution in [0.1, 0.15) is 33.1 Å². The topological polar surface area (TPSA) is 52.6 Å². The molecule has 3 rings (SSSR count). The first-order valence-electron chi connectivity index (χ1n) is 8.41. The van der Waals surface area contributed by atoms with Crippen LogP contribution in [0.2, 0.25) is 0 Å². The fourth-order valence-electron chi connectivity index (χ4n) is 3.93. The van der Waals surface area contributed by atoms with E-state index in [-0.39, 0.29) is 11.7 Å². The predicted molar refractivity (Wildman–Crippen MR) is 92.9 cm³/mol. The van der Waals surface area contributed by atoms with Crippen LogP contribution in [-0.4, -0.2) is 35.8 Å². The first kappa shape index (κ1) is 17.5. The van der Waals surface area contributed by atoms with Crippen molar-refractivity contribution < 1.29 is 19.1 Å². The number of hydrogen-bond acceptors (Lipinski definition) is 5. The predicted octanol–water partition coefficient (Wildman–Crippen LogP) is 3.48. The summed E-state index contributed by atoms with van der Waals surface area (Å²) in [7, 11) is 1.34. The Morgan fingerprint density at radius 3 is 2.67 bits per heavy atom. The van der Waals surface area contributed by atoms with E-state index in [1.165, 1.54) is 7.11 Å². The van der Waals surface area contributed by atoms with E-state index in [1.807, 2.05) is 30.3 Å². The number of thioether (sulfide) groups is 1. The maximum Gasteiger partial charge on any atom is 0.319 e. The largest absolute Gasteiger partial charge is 0.468 e.